The molecule has 2 unspecified atom stereocenters. The van der Waals surface area contributed by atoms with Gasteiger partial charge in [0.2, 0.25) is 0 Å². The molecule has 0 spiro atoms. The second-order valence-corrected chi connectivity index (χ2v) is 5.01. The smallest absolute Gasteiger partial charge is 0.0406 e. The molecule has 1 aromatic carbocycles. The first kappa shape index (κ1) is 10.0. The summed E-state index contributed by atoms with van der Waals surface area (Å²) in [5.41, 5.74) is 7.62. The highest BCUT2D eigenvalue weighted by Crippen LogP contribution is 2.53. The van der Waals surface area contributed by atoms with Crippen LogP contribution in [0.3, 0.4) is 0 Å². The van der Waals surface area contributed by atoms with E-state index in [2.05, 4.69) is 26.0 Å². The van der Waals surface area contributed by atoms with Crippen LogP contribution >= 0.6 is 11.6 Å². The second kappa shape index (κ2) is 3.25. The minimum atomic E-state index is 0.0217. The van der Waals surface area contributed by atoms with Gasteiger partial charge >= 0.3 is 0 Å². The molecule has 0 bridgehead atoms. The minimum absolute atomic E-state index is 0.0217. The van der Waals surface area contributed by atoms with E-state index in [4.69, 9.17) is 17.3 Å². The van der Waals surface area contributed by atoms with Gasteiger partial charge in [-0.05, 0) is 30.0 Å². The SMILES string of the molecule is CC(C)C1(N)CC1c1ccc(Cl)cc1. The van der Waals surface area contributed by atoms with E-state index in [0.29, 0.717) is 11.8 Å². The zero-order chi connectivity index (χ0) is 10.3. The third kappa shape index (κ3) is 1.55. The zero-order valence-electron chi connectivity index (χ0n) is 8.63. The van der Waals surface area contributed by atoms with Crippen molar-refractivity contribution in [3.63, 3.8) is 0 Å². The lowest BCUT2D eigenvalue weighted by Gasteiger charge is -2.15. The van der Waals surface area contributed by atoms with Crippen LogP contribution in [0.2, 0.25) is 5.02 Å². The molecular formula is C12H16ClN. The van der Waals surface area contributed by atoms with Gasteiger partial charge in [-0.3, -0.25) is 0 Å². The van der Waals surface area contributed by atoms with E-state index < -0.39 is 0 Å². The van der Waals surface area contributed by atoms with Crippen molar-refractivity contribution < 1.29 is 0 Å². The predicted octanol–water partition coefficient (Wildman–Crippen LogP) is 3.18. The van der Waals surface area contributed by atoms with Gasteiger partial charge in [0.1, 0.15) is 0 Å². The monoisotopic (exact) mass is 209 g/mol. The third-order valence-corrected chi connectivity index (χ3v) is 3.65. The molecule has 2 N–H and O–H groups in total. The van der Waals surface area contributed by atoms with E-state index in [0.717, 1.165) is 11.4 Å². The highest BCUT2D eigenvalue weighted by atomic mass is 35.5. The number of halogens is 1. The Bertz CT molecular complexity index is 331. The maximum absolute atomic E-state index is 6.27. The highest BCUT2D eigenvalue weighted by molar-refractivity contribution is 6.30. The molecular weight excluding hydrogens is 194 g/mol. The van der Waals surface area contributed by atoms with Crippen molar-refractivity contribution in [2.45, 2.75) is 31.7 Å². The molecule has 76 valence electrons. The normalized spacial score (nSPS) is 30.8. The van der Waals surface area contributed by atoms with Gasteiger partial charge in [0.25, 0.3) is 0 Å². The van der Waals surface area contributed by atoms with Gasteiger partial charge < -0.3 is 5.73 Å². The Kier molecular flexibility index (Phi) is 2.32. The molecule has 1 saturated carbocycles. The molecule has 2 heteroatoms. The summed E-state index contributed by atoms with van der Waals surface area (Å²) in [6.07, 6.45) is 1.10. The van der Waals surface area contributed by atoms with Crippen molar-refractivity contribution in [1.82, 2.24) is 0 Å². The molecule has 2 atom stereocenters. The van der Waals surface area contributed by atoms with Crippen molar-refractivity contribution >= 4 is 11.6 Å². The predicted molar refractivity (Wildman–Crippen MR) is 60.6 cm³/mol. The van der Waals surface area contributed by atoms with Gasteiger partial charge in [-0.15, -0.1) is 0 Å². The fraction of sp³-hybridized carbons (Fsp3) is 0.500. The Morgan fingerprint density at radius 1 is 1.36 bits per heavy atom. The first-order valence-electron chi connectivity index (χ1n) is 5.08. The molecule has 1 aromatic rings. The van der Waals surface area contributed by atoms with Gasteiger partial charge in [0.15, 0.2) is 0 Å². The third-order valence-electron chi connectivity index (χ3n) is 3.39. The molecule has 2 rings (SSSR count). The summed E-state index contributed by atoms with van der Waals surface area (Å²) in [7, 11) is 0. The second-order valence-electron chi connectivity index (χ2n) is 4.58. The van der Waals surface area contributed by atoms with Crippen molar-refractivity contribution in [1.29, 1.82) is 0 Å². The van der Waals surface area contributed by atoms with Crippen LogP contribution in [0.15, 0.2) is 24.3 Å². The Morgan fingerprint density at radius 3 is 2.36 bits per heavy atom. The summed E-state index contributed by atoms with van der Waals surface area (Å²) in [5, 5.41) is 0.793. The first-order valence-corrected chi connectivity index (χ1v) is 5.46. The zero-order valence-corrected chi connectivity index (χ0v) is 9.38. The standard InChI is InChI=1S/C12H16ClN/c1-8(2)12(14)7-11(12)9-3-5-10(13)6-4-9/h3-6,8,11H,7,14H2,1-2H3. The molecule has 0 aromatic heterocycles. The molecule has 1 aliphatic carbocycles. The summed E-state index contributed by atoms with van der Waals surface area (Å²) in [6, 6.07) is 8.06. The topological polar surface area (TPSA) is 26.0 Å². The van der Waals surface area contributed by atoms with Crippen LogP contribution in [-0.2, 0) is 0 Å². The Balaban J connectivity index is 2.17. The van der Waals surface area contributed by atoms with E-state index in [1.54, 1.807) is 0 Å². The van der Waals surface area contributed by atoms with Gasteiger partial charge in [0.05, 0.1) is 0 Å². The molecule has 0 radical (unpaired) electrons. The van der Waals surface area contributed by atoms with Crippen molar-refractivity contribution in [2.75, 3.05) is 0 Å². The number of benzene rings is 1. The summed E-state index contributed by atoms with van der Waals surface area (Å²) < 4.78 is 0. The summed E-state index contributed by atoms with van der Waals surface area (Å²) in [4.78, 5) is 0. The van der Waals surface area contributed by atoms with Crippen LogP contribution in [0, 0.1) is 5.92 Å². The number of hydrogen-bond donors (Lipinski definition) is 1. The maximum atomic E-state index is 6.27. The highest BCUT2D eigenvalue weighted by Gasteiger charge is 2.53. The number of hydrogen-bond acceptors (Lipinski definition) is 1. The van der Waals surface area contributed by atoms with E-state index in [-0.39, 0.29) is 5.54 Å². The molecule has 1 fully saturated rings. The average molecular weight is 210 g/mol. The Labute approximate surface area is 90.3 Å². The summed E-state index contributed by atoms with van der Waals surface area (Å²) in [6.45, 7) is 4.38. The Hall–Kier alpha value is -0.530. The molecule has 14 heavy (non-hydrogen) atoms. The Morgan fingerprint density at radius 2 is 1.93 bits per heavy atom. The van der Waals surface area contributed by atoms with Crippen LogP contribution in [0.5, 0.6) is 0 Å². The van der Waals surface area contributed by atoms with Crippen molar-refractivity contribution in [3.05, 3.63) is 34.9 Å². The maximum Gasteiger partial charge on any atom is 0.0406 e. The molecule has 0 amide bonds. The number of rotatable bonds is 2. The minimum Gasteiger partial charge on any atom is -0.324 e. The number of nitrogens with two attached hydrogens (primary N) is 1. The van der Waals surface area contributed by atoms with Gasteiger partial charge in [-0.1, -0.05) is 37.6 Å². The van der Waals surface area contributed by atoms with E-state index in [1.807, 2.05) is 12.1 Å². The molecule has 0 aliphatic heterocycles. The molecule has 1 nitrogen and oxygen atoms in total. The van der Waals surface area contributed by atoms with E-state index in [9.17, 15) is 0 Å². The fourth-order valence-corrected chi connectivity index (χ4v) is 2.18. The van der Waals surface area contributed by atoms with Crippen LogP contribution in [0.1, 0.15) is 31.7 Å². The van der Waals surface area contributed by atoms with Crippen LogP contribution < -0.4 is 5.73 Å². The summed E-state index contributed by atoms with van der Waals surface area (Å²) in [5.74, 6) is 1.07. The lowest BCUT2D eigenvalue weighted by atomic mass is 9.97. The average Bonchev–Trinajstić information content (AvgIpc) is 2.81. The van der Waals surface area contributed by atoms with Crippen molar-refractivity contribution in [2.24, 2.45) is 11.7 Å². The van der Waals surface area contributed by atoms with Gasteiger partial charge in [-0.2, -0.15) is 0 Å². The first-order chi connectivity index (χ1) is 6.54. The quantitative estimate of drug-likeness (QED) is 0.796. The van der Waals surface area contributed by atoms with Crippen LogP contribution in [0.4, 0.5) is 0 Å². The lowest BCUT2D eigenvalue weighted by molar-refractivity contribution is 0.464. The van der Waals surface area contributed by atoms with Gasteiger partial charge in [0, 0.05) is 16.5 Å². The molecule has 0 heterocycles. The van der Waals surface area contributed by atoms with E-state index in [1.165, 1.54) is 5.56 Å². The van der Waals surface area contributed by atoms with E-state index >= 15 is 0 Å². The molecule has 1 aliphatic rings. The fourth-order valence-electron chi connectivity index (χ4n) is 2.06. The van der Waals surface area contributed by atoms with Crippen LogP contribution in [-0.4, -0.2) is 5.54 Å². The summed E-state index contributed by atoms with van der Waals surface area (Å²) >= 11 is 5.84. The largest absolute Gasteiger partial charge is 0.324 e. The van der Waals surface area contributed by atoms with Crippen molar-refractivity contribution in [3.8, 4) is 0 Å². The van der Waals surface area contributed by atoms with Crippen LogP contribution in [0.25, 0.3) is 0 Å². The molecule has 0 saturated heterocycles. The van der Waals surface area contributed by atoms with Gasteiger partial charge in [-0.25, -0.2) is 0 Å². The lowest BCUT2D eigenvalue weighted by Crippen LogP contribution is -2.30.